The lowest BCUT2D eigenvalue weighted by Crippen LogP contribution is -1.86. The van der Waals surface area contributed by atoms with E-state index >= 15 is 0 Å². The van der Waals surface area contributed by atoms with E-state index in [9.17, 15) is 0 Å². The smallest absolute Gasteiger partial charge is 0.0626 e. The molecular weight excluding hydrogens is 338 g/mol. The molecule has 1 rings (SSSR count). The molecule has 0 aromatic heterocycles. The van der Waals surface area contributed by atoms with Crippen molar-refractivity contribution in [2.45, 2.75) is 135 Å². The van der Waals surface area contributed by atoms with Crippen molar-refractivity contribution in [3.05, 3.63) is 36.2 Å². The monoisotopic (exact) mass is 386 g/mol. The summed E-state index contributed by atoms with van der Waals surface area (Å²) in [6.45, 7) is 2.30. The summed E-state index contributed by atoms with van der Waals surface area (Å²) in [4.78, 5) is 0. The zero-order chi connectivity index (χ0) is 20.0. The standard InChI is InChI=1S/C27H48N/c1-2-3-4-5-6-7-8-9-10-11-12-13-14-15-16-17-18-19-20-21-22-24-27-25-23-26-28-27/h22-26H,2-21H2,1H3/b24-22+. The lowest BCUT2D eigenvalue weighted by atomic mass is 10.0. The van der Waals surface area contributed by atoms with Crippen LogP contribution in [0.1, 0.15) is 135 Å². The van der Waals surface area contributed by atoms with Crippen molar-refractivity contribution in [2.75, 3.05) is 0 Å². The van der Waals surface area contributed by atoms with Gasteiger partial charge in [-0.1, -0.05) is 129 Å². The topological polar surface area (TPSA) is 14.1 Å². The Morgan fingerprint density at radius 3 is 1.43 bits per heavy atom. The third-order valence-corrected chi connectivity index (χ3v) is 5.84. The summed E-state index contributed by atoms with van der Waals surface area (Å²) >= 11 is 0. The minimum absolute atomic E-state index is 1.10. The molecule has 0 aromatic rings. The minimum atomic E-state index is 1.10. The summed E-state index contributed by atoms with van der Waals surface area (Å²) in [5.74, 6) is 0. The van der Waals surface area contributed by atoms with Gasteiger partial charge in [0, 0.05) is 6.20 Å². The second-order valence-electron chi connectivity index (χ2n) is 8.62. The summed E-state index contributed by atoms with van der Waals surface area (Å²) in [5, 5.41) is 4.25. The van der Waals surface area contributed by atoms with Crippen LogP contribution in [0.15, 0.2) is 36.2 Å². The fourth-order valence-corrected chi connectivity index (χ4v) is 3.96. The van der Waals surface area contributed by atoms with Gasteiger partial charge < -0.3 is 0 Å². The molecule has 0 aliphatic carbocycles. The molecule has 0 amide bonds. The molecule has 0 aromatic carbocycles. The second-order valence-corrected chi connectivity index (χ2v) is 8.62. The van der Waals surface area contributed by atoms with E-state index in [2.05, 4.69) is 30.5 Å². The molecule has 1 heterocycles. The van der Waals surface area contributed by atoms with Gasteiger partial charge >= 0.3 is 0 Å². The normalized spacial score (nSPS) is 13.4. The van der Waals surface area contributed by atoms with Gasteiger partial charge in [-0.2, -0.15) is 0 Å². The van der Waals surface area contributed by atoms with Crippen molar-refractivity contribution >= 4 is 0 Å². The minimum Gasteiger partial charge on any atom is -0.257 e. The highest BCUT2D eigenvalue weighted by Gasteiger charge is 1.96. The number of nitrogens with zero attached hydrogens (tertiary/aromatic N) is 1. The van der Waals surface area contributed by atoms with Gasteiger partial charge in [-0.25, -0.2) is 0 Å². The van der Waals surface area contributed by atoms with Gasteiger partial charge in [0.15, 0.2) is 0 Å². The Balaban J connectivity index is 1.66. The van der Waals surface area contributed by atoms with E-state index in [1.165, 1.54) is 128 Å². The maximum absolute atomic E-state index is 4.25. The molecule has 1 aliphatic heterocycles. The fraction of sp³-hybridized carbons (Fsp3) is 0.778. The van der Waals surface area contributed by atoms with E-state index in [0.29, 0.717) is 0 Å². The van der Waals surface area contributed by atoms with E-state index < -0.39 is 0 Å². The summed E-state index contributed by atoms with van der Waals surface area (Å²) in [5.41, 5.74) is 1.10. The molecule has 0 bridgehead atoms. The Bertz CT molecular complexity index is 404. The van der Waals surface area contributed by atoms with Gasteiger partial charge in [0.25, 0.3) is 0 Å². The first-order chi connectivity index (χ1) is 13.9. The van der Waals surface area contributed by atoms with Gasteiger partial charge in [-0.15, -0.1) is 0 Å². The van der Waals surface area contributed by atoms with E-state index in [-0.39, 0.29) is 0 Å². The second kappa shape index (κ2) is 20.7. The van der Waals surface area contributed by atoms with Crippen LogP contribution < -0.4 is 5.32 Å². The lowest BCUT2D eigenvalue weighted by Gasteiger charge is -2.03. The first-order valence-corrected chi connectivity index (χ1v) is 12.7. The molecule has 1 heteroatoms. The van der Waals surface area contributed by atoms with Gasteiger partial charge in [-0.05, 0) is 31.1 Å². The van der Waals surface area contributed by atoms with E-state index in [0.717, 1.165) is 5.70 Å². The Morgan fingerprint density at radius 2 is 1.04 bits per heavy atom. The third-order valence-electron chi connectivity index (χ3n) is 5.84. The van der Waals surface area contributed by atoms with Crippen LogP contribution in [0.2, 0.25) is 0 Å². The van der Waals surface area contributed by atoms with Crippen LogP contribution in [-0.2, 0) is 0 Å². The van der Waals surface area contributed by atoms with Crippen molar-refractivity contribution in [3.8, 4) is 0 Å². The Hall–Kier alpha value is -0.980. The molecule has 0 unspecified atom stereocenters. The van der Waals surface area contributed by atoms with Crippen molar-refractivity contribution in [1.29, 1.82) is 0 Å². The van der Waals surface area contributed by atoms with E-state index in [4.69, 9.17) is 0 Å². The maximum Gasteiger partial charge on any atom is 0.0626 e. The molecule has 0 atom stereocenters. The number of rotatable bonds is 21. The van der Waals surface area contributed by atoms with Gasteiger partial charge in [0.1, 0.15) is 0 Å². The van der Waals surface area contributed by atoms with Gasteiger partial charge in [0.05, 0.1) is 5.70 Å². The Kier molecular flexibility index (Phi) is 18.6. The molecule has 0 saturated heterocycles. The van der Waals surface area contributed by atoms with Gasteiger partial charge in [-0.3, -0.25) is 5.32 Å². The molecule has 28 heavy (non-hydrogen) atoms. The predicted molar refractivity (Wildman–Crippen MR) is 127 cm³/mol. The molecule has 0 spiro atoms. The lowest BCUT2D eigenvalue weighted by molar-refractivity contribution is 0.523. The number of hydrogen-bond acceptors (Lipinski definition) is 0. The van der Waals surface area contributed by atoms with Crippen LogP contribution in [0.4, 0.5) is 0 Å². The molecule has 1 aliphatic rings. The van der Waals surface area contributed by atoms with Gasteiger partial charge in [0.2, 0.25) is 0 Å². The summed E-state index contributed by atoms with van der Waals surface area (Å²) in [6, 6.07) is 0. The molecule has 1 radical (unpaired) electrons. The first kappa shape index (κ1) is 25.1. The highest BCUT2D eigenvalue weighted by molar-refractivity contribution is 5.28. The van der Waals surface area contributed by atoms with Crippen LogP contribution in [-0.4, -0.2) is 0 Å². The largest absolute Gasteiger partial charge is 0.257 e. The predicted octanol–water partition coefficient (Wildman–Crippen LogP) is 9.38. The van der Waals surface area contributed by atoms with Crippen LogP contribution in [0.3, 0.4) is 0 Å². The Labute approximate surface area is 177 Å². The molecule has 0 saturated carbocycles. The quantitative estimate of drug-likeness (QED) is 0.174. The number of hydrogen-bond donors (Lipinski definition) is 0. The molecule has 161 valence electrons. The third kappa shape index (κ3) is 17.1. The fourth-order valence-electron chi connectivity index (χ4n) is 3.96. The van der Waals surface area contributed by atoms with E-state index in [1.54, 1.807) is 0 Å². The van der Waals surface area contributed by atoms with Crippen LogP contribution in [0.5, 0.6) is 0 Å². The maximum atomic E-state index is 4.25. The zero-order valence-electron chi connectivity index (χ0n) is 19.0. The molecule has 0 N–H and O–H groups in total. The summed E-state index contributed by atoms with van der Waals surface area (Å²) < 4.78 is 0. The summed E-state index contributed by atoms with van der Waals surface area (Å²) in [7, 11) is 0. The molecule has 1 nitrogen and oxygen atoms in total. The highest BCUT2D eigenvalue weighted by Crippen LogP contribution is 2.15. The molecular formula is C27H48N. The summed E-state index contributed by atoms with van der Waals surface area (Å²) in [6.07, 6.45) is 39.0. The van der Waals surface area contributed by atoms with Crippen LogP contribution in [0.25, 0.3) is 0 Å². The van der Waals surface area contributed by atoms with E-state index in [1.807, 2.05) is 12.3 Å². The van der Waals surface area contributed by atoms with Crippen molar-refractivity contribution in [1.82, 2.24) is 5.32 Å². The van der Waals surface area contributed by atoms with Crippen LogP contribution >= 0.6 is 0 Å². The number of unbranched alkanes of at least 4 members (excludes halogenated alkanes) is 19. The average Bonchev–Trinajstić information content (AvgIpc) is 3.22. The highest BCUT2D eigenvalue weighted by atomic mass is 14.9. The SMILES string of the molecule is CCCCCCCCCCCCCCCCCCCCC/C=C/C1=CC=C[N]1. The molecule has 0 fully saturated rings. The zero-order valence-corrected chi connectivity index (χ0v) is 19.0. The average molecular weight is 387 g/mol. The number of allylic oxidation sites excluding steroid dienone is 4. The first-order valence-electron chi connectivity index (χ1n) is 12.7. The van der Waals surface area contributed by atoms with Crippen molar-refractivity contribution < 1.29 is 0 Å². The Morgan fingerprint density at radius 1 is 0.607 bits per heavy atom. The van der Waals surface area contributed by atoms with Crippen molar-refractivity contribution in [2.24, 2.45) is 0 Å². The van der Waals surface area contributed by atoms with Crippen molar-refractivity contribution in [3.63, 3.8) is 0 Å². The van der Waals surface area contributed by atoms with Crippen LogP contribution in [0, 0.1) is 0 Å².